The minimum atomic E-state index is -0.221. The molecule has 0 bridgehead atoms. The SMILES string of the molecule is Fc1ccc(C2OCCc3c2[nH]c2ccccc32)cc1. The maximum atomic E-state index is 13.1. The third kappa shape index (κ3) is 1.74. The van der Waals surface area contributed by atoms with Crippen LogP contribution in [0.15, 0.2) is 48.5 Å². The fourth-order valence-electron chi connectivity index (χ4n) is 2.98. The van der Waals surface area contributed by atoms with Gasteiger partial charge in [-0.05, 0) is 35.7 Å². The van der Waals surface area contributed by atoms with Gasteiger partial charge < -0.3 is 9.72 Å². The Morgan fingerprint density at radius 2 is 1.85 bits per heavy atom. The Bertz CT molecular complexity index is 760. The van der Waals surface area contributed by atoms with Crippen LogP contribution in [-0.4, -0.2) is 11.6 Å². The number of hydrogen-bond acceptors (Lipinski definition) is 1. The van der Waals surface area contributed by atoms with Crippen molar-refractivity contribution in [3.05, 3.63) is 71.2 Å². The molecule has 0 radical (unpaired) electrons. The molecule has 100 valence electrons. The van der Waals surface area contributed by atoms with Crippen molar-refractivity contribution in [2.24, 2.45) is 0 Å². The van der Waals surface area contributed by atoms with E-state index in [4.69, 9.17) is 4.74 Å². The number of aromatic nitrogens is 1. The molecule has 0 fully saturated rings. The fourth-order valence-corrected chi connectivity index (χ4v) is 2.98. The molecular formula is C17H14FNO. The summed E-state index contributed by atoms with van der Waals surface area (Å²) < 4.78 is 19.0. The van der Waals surface area contributed by atoms with Gasteiger partial charge in [0.2, 0.25) is 0 Å². The molecule has 2 aromatic carbocycles. The van der Waals surface area contributed by atoms with Crippen LogP contribution in [0, 0.1) is 5.82 Å². The van der Waals surface area contributed by atoms with Crippen molar-refractivity contribution >= 4 is 10.9 Å². The highest BCUT2D eigenvalue weighted by atomic mass is 19.1. The van der Waals surface area contributed by atoms with Gasteiger partial charge in [-0.3, -0.25) is 0 Å². The van der Waals surface area contributed by atoms with Crippen LogP contribution in [0.2, 0.25) is 0 Å². The summed E-state index contributed by atoms with van der Waals surface area (Å²) in [5, 5.41) is 1.26. The molecule has 2 nitrogen and oxygen atoms in total. The monoisotopic (exact) mass is 267 g/mol. The topological polar surface area (TPSA) is 25.0 Å². The molecule has 1 atom stereocenters. The average Bonchev–Trinajstić information content (AvgIpc) is 2.87. The lowest BCUT2D eigenvalue weighted by molar-refractivity contribution is 0.0677. The molecule has 1 unspecified atom stereocenters. The predicted octanol–water partition coefficient (Wildman–Crippen LogP) is 3.97. The zero-order valence-corrected chi connectivity index (χ0v) is 10.9. The van der Waals surface area contributed by atoms with Gasteiger partial charge >= 0.3 is 0 Å². The van der Waals surface area contributed by atoms with E-state index >= 15 is 0 Å². The number of ether oxygens (including phenoxy) is 1. The quantitative estimate of drug-likeness (QED) is 0.709. The minimum Gasteiger partial charge on any atom is -0.367 e. The van der Waals surface area contributed by atoms with E-state index in [1.165, 1.54) is 23.1 Å². The number of aromatic amines is 1. The Kier molecular flexibility index (Phi) is 2.60. The minimum absolute atomic E-state index is 0.133. The summed E-state index contributed by atoms with van der Waals surface area (Å²) in [6.45, 7) is 0.691. The number of hydrogen-bond donors (Lipinski definition) is 1. The van der Waals surface area contributed by atoms with Gasteiger partial charge in [-0.15, -0.1) is 0 Å². The van der Waals surface area contributed by atoms with Crippen molar-refractivity contribution < 1.29 is 9.13 Å². The number of para-hydroxylation sites is 1. The average molecular weight is 267 g/mol. The summed E-state index contributed by atoms with van der Waals surface area (Å²) in [5.41, 5.74) is 4.54. The van der Waals surface area contributed by atoms with Gasteiger partial charge in [0.1, 0.15) is 11.9 Å². The van der Waals surface area contributed by atoms with Crippen LogP contribution in [0.3, 0.4) is 0 Å². The first kappa shape index (κ1) is 11.7. The van der Waals surface area contributed by atoms with Crippen LogP contribution < -0.4 is 0 Å². The van der Waals surface area contributed by atoms with Crippen LogP contribution in [0.5, 0.6) is 0 Å². The molecule has 1 N–H and O–H groups in total. The molecule has 0 spiro atoms. The molecular weight excluding hydrogens is 253 g/mol. The first-order valence-corrected chi connectivity index (χ1v) is 6.79. The summed E-state index contributed by atoms with van der Waals surface area (Å²) in [6, 6.07) is 14.8. The smallest absolute Gasteiger partial charge is 0.123 e. The number of halogens is 1. The zero-order valence-electron chi connectivity index (χ0n) is 10.9. The highest BCUT2D eigenvalue weighted by Crippen LogP contribution is 2.36. The van der Waals surface area contributed by atoms with E-state index in [0.717, 1.165) is 23.2 Å². The number of nitrogens with one attached hydrogen (secondary N) is 1. The maximum Gasteiger partial charge on any atom is 0.123 e. The van der Waals surface area contributed by atoms with E-state index in [2.05, 4.69) is 23.2 Å². The number of rotatable bonds is 1. The molecule has 4 rings (SSSR count). The van der Waals surface area contributed by atoms with Crippen molar-refractivity contribution in [2.75, 3.05) is 6.61 Å². The van der Waals surface area contributed by atoms with E-state index in [9.17, 15) is 4.39 Å². The third-order valence-corrected chi connectivity index (χ3v) is 3.92. The Balaban J connectivity index is 1.87. The van der Waals surface area contributed by atoms with Crippen molar-refractivity contribution in [3.63, 3.8) is 0 Å². The van der Waals surface area contributed by atoms with Crippen LogP contribution >= 0.6 is 0 Å². The Hall–Kier alpha value is -2.13. The highest BCUT2D eigenvalue weighted by molar-refractivity contribution is 5.85. The van der Waals surface area contributed by atoms with Crippen molar-refractivity contribution in [2.45, 2.75) is 12.5 Å². The molecule has 3 aromatic rings. The lowest BCUT2D eigenvalue weighted by Gasteiger charge is -2.23. The molecule has 1 aromatic heterocycles. The summed E-state index contributed by atoms with van der Waals surface area (Å²) >= 11 is 0. The van der Waals surface area contributed by atoms with E-state index in [-0.39, 0.29) is 11.9 Å². The van der Waals surface area contributed by atoms with E-state index in [1.807, 2.05) is 6.07 Å². The first-order chi connectivity index (χ1) is 9.83. The lowest BCUT2D eigenvalue weighted by atomic mass is 9.98. The molecule has 1 aliphatic rings. The number of fused-ring (bicyclic) bond motifs is 3. The zero-order chi connectivity index (χ0) is 13.5. The van der Waals surface area contributed by atoms with Gasteiger partial charge in [-0.25, -0.2) is 4.39 Å². The summed E-state index contributed by atoms with van der Waals surface area (Å²) in [4.78, 5) is 3.46. The van der Waals surface area contributed by atoms with E-state index < -0.39 is 0 Å². The van der Waals surface area contributed by atoms with Gasteiger partial charge in [-0.1, -0.05) is 30.3 Å². The standard InChI is InChI=1S/C17H14FNO/c18-12-7-5-11(6-8-12)17-16-14(9-10-20-17)13-3-1-2-4-15(13)19-16/h1-8,17,19H,9-10H2. The Morgan fingerprint density at radius 3 is 2.70 bits per heavy atom. The van der Waals surface area contributed by atoms with E-state index in [0.29, 0.717) is 6.61 Å². The first-order valence-electron chi connectivity index (χ1n) is 6.79. The van der Waals surface area contributed by atoms with Crippen LogP contribution in [0.4, 0.5) is 4.39 Å². The van der Waals surface area contributed by atoms with Crippen LogP contribution in [0.25, 0.3) is 10.9 Å². The van der Waals surface area contributed by atoms with Gasteiger partial charge in [0.05, 0.1) is 12.3 Å². The molecule has 20 heavy (non-hydrogen) atoms. The van der Waals surface area contributed by atoms with Gasteiger partial charge in [-0.2, -0.15) is 0 Å². The summed E-state index contributed by atoms with van der Waals surface area (Å²) in [7, 11) is 0. The highest BCUT2D eigenvalue weighted by Gasteiger charge is 2.26. The van der Waals surface area contributed by atoms with Crippen LogP contribution in [0.1, 0.15) is 22.9 Å². The van der Waals surface area contributed by atoms with E-state index in [1.54, 1.807) is 12.1 Å². The van der Waals surface area contributed by atoms with Crippen LogP contribution in [-0.2, 0) is 11.2 Å². The maximum absolute atomic E-state index is 13.1. The molecule has 3 heteroatoms. The summed E-state index contributed by atoms with van der Waals surface area (Å²) in [6.07, 6.45) is 0.781. The Labute approximate surface area is 116 Å². The second-order valence-corrected chi connectivity index (χ2v) is 5.12. The lowest BCUT2D eigenvalue weighted by Crippen LogP contribution is -2.16. The summed E-state index contributed by atoms with van der Waals surface area (Å²) in [5.74, 6) is -0.221. The molecule has 0 amide bonds. The third-order valence-electron chi connectivity index (χ3n) is 3.92. The molecule has 2 heterocycles. The molecule has 1 aliphatic heterocycles. The molecule has 0 saturated heterocycles. The molecule has 0 saturated carbocycles. The normalized spacial score (nSPS) is 18.1. The largest absolute Gasteiger partial charge is 0.367 e. The number of benzene rings is 2. The predicted molar refractivity (Wildman–Crippen MR) is 76.2 cm³/mol. The van der Waals surface area contributed by atoms with Crippen molar-refractivity contribution in [1.29, 1.82) is 0 Å². The van der Waals surface area contributed by atoms with Crippen molar-refractivity contribution in [1.82, 2.24) is 4.98 Å². The van der Waals surface area contributed by atoms with Gasteiger partial charge in [0.15, 0.2) is 0 Å². The second kappa shape index (κ2) is 4.46. The van der Waals surface area contributed by atoms with Gasteiger partial charge in [0, 0.05) is 10.9 Å². The number of H-pyrrole nitrogens is 1. The Morgan fingerprint density at radius 1 is 1.05 bits per heavy atom. The molecule has 0 aliphatic carbocycles. The second-order valence-electron chi connectivity index (χ2n) is 5.12. The fraction of sp³-hybridized carbons (Fsp3) is 0.176. The van der Waals surface area contributed by atoms with Gasteiger partial charge in [0.25, 0.3) is 0 Å². The van der Waals surface area contributed by atoms with Crippen molar-refractivity contribution in [3.8, 4) is 0 Å².